The van der Waals surface area contributed by atoms with Gasteiger partial charge >= 0.3 is 5.97 Å². The minimum atomic E-state index is -0.933. The average Bonchev–Trinajstić information content (AvgIpc) is 3.09. The number of hydrogen-bond acceptors (Lipinski definition) is 4. The van der Waals surface area contributed by atoms with Crippen LogP contribution >= 0.6 is 11.3 Å². The van der Waals surface area contributed by atoms with E-state index < -0.39 is 5.97 Å². The van der Waals surface area contributed by atoms with Crippen molar-refractivity contribution in [3.05, 3.63) is 45.6 Å². The van der Waals surface area contributed by atoms with Crippen LogP contribution in [-0.4, -0.2) is 24.3 Å². The average molecular weight is 304 g/mol. The van der Waals surface area contributed by atoms with E-state index in [1.54, 1.807) is 0 Å². The summed E-state index contributed by atoms with van der Waals surface area (Å²) in [5.41, 5.74) is 1.13. The molecule has 1 aliphatic heterocycles. The number of rotatable bonds is 5. The molecule has 1 N–H and O–H groups in total. The largest absolute Gasteiger partial charge is 0.493 e. The predicted octanol–water partition coefficient (Wildman–Crippen LogP) is 3.56. The standard InChI is InChI=1S/C16H16O4S/c1-2-11-7-14(15(21-11)16(17)18)20-9-10-8-19-13-6-4-3-5-12(10)13/h3-7,10H,2,8-9H2,1H3,(H,17,18). The quantitative estimate of drug-likeness (QED) is 0.917. The van der Waals surface area contributed by atoms with Gasteiger partial charge in [0, 0.05) is 10.4 Å². The molecule has 0 aliphatic carbocycles. The fourth-order valence-corrected chi connectivity index (χ4v) is 3.29. The highest BCUT2D eigenvalue weighted by Crippen LogP contribution is 2.35. The Morgan fingerprint density at radius 1 is 1.48 bits per heavy atom. The third-order valence-electron chi connectivity index (χ3n) is 3.53. The van der Waals surface area contributed by atoms with Crippen molar-refractivity contribution in [3.8, 4) is 11.5 Å². The van der Waals surface area contributed by atoms with Gasteiger partial charge in [0.25, 0.3) is 0 Å². The summed E-state index contributed by atoms with van der Waals surface area (Å²) in [6, 6.07) is 9.72. The molecule has 1 unspecified atom stereocenters. The van der Waals surface area contributed by atoms with Crippen molar-refractivity contribution < 1.29 is 19.4 Å². The molecule has 2 aromatic rings. The number of carbonyl (C=O) groups is 1. The fraction of sp³-hybridized carbons (Fsp3) is 0.312. The number of aromatic carboxylic acids is 1. The molecule has 0 saturated carbocycles. The smallest absolute Gasteiger partial charge is 0.349 e. The number of carboxylic acids is 1. The monoisotopic (exact) mass is 304 g/mol. The van der Waals surface area contributed by atoms with Crippen LogP contribution in [0.25, 0.3) is 0 Å². The summed E-state index contributed by atoms with van der Waals surface area (Å²) >= 11 is 1.28. The first kappa shape index (κ1) is 13.9. The zero-order valence-corrected chi connectivity index (χ0v) is 12.5. The second-order valence-corrected chi connectivity index (χ2v) is 6.06. The first-order valence-electron chi connectivity index (χ1n) is 6.89. The predicted molar refractivity (Wildman–Crippen MR) is 80.8 cm³/mol. The third-order valence-corrected chi connectivity index (χ3v) is 4.78. The van der Waals surface area contributed by atoms with Gasteiger partial charge in [-0.1, -0.05) is 25.1 Å². The van der Waals surface area contributed by atoms with Gasteiger partial charge in [-0.15, -0.1) is 11.3 Å². The van der Waals surface area contributed by atoms with Crippen molar-refractivity contribution in [2.24, 2.45) is 0 Å². The summed E-state index contributed by atoms with van der Waals surface area (Å²) in [6.45, 7) is 3.01. The van der Waals surface area contributed by atoms with Gasteiger partial charge in [0.05, 0.1) is 19.1 Å². The molecule has 1 aromatic carbocycles. The maximum atomic E-state index is 11.3. The van der Waals surface area contributed by atoms with E-state index in [0.29, 0.717) is 19.0 Å². The van der Waals surface area contributed by atoms with Crippen LogP contribution in [0.1, 0.15) is 33.0 Å². The third kappa shape index (κ3) is 2.74. The maximum Gasteiger partial charge on any atom is 0.349 e. The summed E-state index contributed by atoms with van der Waals surface area (Å²) < 4.78 is 11.4. The summed E-state index contributed by atoms with van der Waals surface area (Å²) in [5, 5.41) is 9.23. The van der Waals surface area contributed by atoms with Crippen LogP contribution in [0.15, 0.2) is 30.3 Å². The van der Waals surface area contributed by atoms with Gasteiger partial charge in [-0.25, -0.2) is 4.79 Å². The molecule has 2 heterocycles. The van der Waals surface area contributed by atoms with Crippen molar-refractivity contribution >= 4 is 17.3 Å². The molecule has 0 bridgehead atoms. The molecule has 0 spiro atoms. The minimum absolute atomic E-state index is 0.146. The first-order chi connectivity index (χ1) is 10.2. The summed E-state index contributed by atoms with van der Waals surface area (Å²) in [5.74, 6) is 0.573. The van der Waals surface area contributed by atoms with Crippen molar-refractivity contribution in [3.63, 3.8) is 0 Å². The van der Waals surface area contributed by atoms with Crippen molar-refractivity contribution in [2.45, 2.75) is 19.3 Å². The Labute approximate surface area is 126 Å². The van der Waals surface area contributed by atoms with Gasteiger partial charge in [-0.2, -0.15) is 0 Å². The second kappa shape index (κ2) is 5.77. The number of benzene rings is 1. The molecule has 110 valence electrons. The molecule has 0 fully saturated rings. The van der Waals surface area contributed by atoms with Crippen molar-refractivity contribution in [1.29, 1.82) is 0 Å². The summed E-state index contributed by atoms with van der Waals surface area (Å²) in [6.07, 6.45) is 0.809. The van der Waals surface area contributed by atoms with Gasteiger partial charge in [0.1, 0.15) is 11.5 Å². The molecule has 21 heavy (non-hydrogen) atoms. The van der Waals surface area contributed by atoms with Crippen LogP contribution in [0.5, 0.6) is 11.5 Å². The van der Waals surface area contributed by atoms with Crippen LogP contribution in [0.3, 0.4) is 0 Å². The van der Waals surface area contributed by atoms with E-state index in [1.807, 2.05) is 37.3 Å². The molecule has 0 radical (unpaired) electrons. The molecule has 0 amide bonds. The number of aryl methyl sites for hydroxylation is 1. The highest BCUT2D eigenvalue weighted by Gasteiger charge is 2.25. The molecular weight excluding hydrogens is 288 g/mol. The number of para-hydroxylation sites is 1. The Morgan fingerprint density at radius 2 is 2.29 bits per heavy atom. The van der Waals surface area contributed by atoms with Crippen LogP contribution < -0.4 is 9.47 Å². The molecule has 3 rings (SSSR count). The SMILES string of the molecule is CCc1cc(OCC2COc3ccccc32)c(C(=O)O)s1. The molecule has 5 heteroatoms. The summed E-state index contributed by atoms with van der Waals surface area (Å²) in [7, 11) is 0. The molecule has 0 saturated heterocycles. The number of fused-ring (bicyclic) bond motifs is 1. The minimum Gasteiger partial charge on any atom is -0.493 e. The van der Waals surface area contributed by atoms with Crippen LogP contribution in [0.4, 0.5) is 0 Å². The topological polar surface area (TPSA) is 55.8 Å². The van der Waals surface area contributed by atoms with Gasteiger partial charge in [-0.05, 0) is 18.6 Å². The first-order valence-corrected chi connectivity index (χ1v) is 7.71. The lowest BCUT2D eigenvalue weighted by Crippen LogP contribution is -2.12. The zero-order chi connectivity index (χ0) is 14.8. The lowest BCUT2D eigenvalue weighted by molar-refractivity contribution is 0.0697. The molecule has 1 aliphatic rings. The van der Waals surface area contributed by atoms with Crippen LogP contribution in [-0.2, 0) is 6.42 Å². The van der Waals surface area contributed by atoms with Gasteiger partial charge in [0.2, 0.25) is 0 Å². The molecule has 1 atom stereocenters. The summed E-state index contributed by atoms with van der Waals surface area (Å²) in [4.78, 5) is 12.5. The molecule has 4 nitrogen and oxygen atoms in total. The Hall–Kier alpha value is -2.01. The Morgan fingerprint density at radius 3 is 3.05 bits per heavy atom. The highest BCUT2D eigenvalue weighted by molar-refractivity contribution is 7.14. The number of carboxylic acid groups (broad SMARTS) is 1. The molecular formula is C16H16O4S. The van der Waals surface area contributed by atoms with Gasteiger partial charge in [-0.3, -0.25) is 0 Å². The van der Waals surface area contributed by atoms with Crippen LogP contribution in [0.2, 0.25) is 0 Å². The Kier molecular flexibility index (Phi) is 3.84. The van der Waals surface area contributed by atoms with E-state index in [0.717, 1.165) is 22.6 Å². The van der Waals surface area contributed by atoms with Crippen molar-refractivity contribution in [2.75, 3.05) is 13.2 Å². The van der Waals surface area contributed by atoms with Crippen LogP contribution in [0, 0.1) is 0 Å². The lowest BCUT2D eigenvalue weighted by Gasteiger charge is -2.10. The van der Waals surface area contributed by atoms with E-state index in [1.165, 1.54) is 11.3 Å². The van der Waals surface area contributed by atoms with E-state index in [-0.39, 0.29) is 10.8 Å². The van der Waals surface area contributed by atoms with E-state index >= 15 is 0 Å². The van der Waals surface area contributed by atoms with E-state index in [9.17, 15) is 9.90 Å². The number of ether oxygens (including phenoxy) is 2. The lowest BCUT2D eigenvalue weighted by atomic mass is 10.0. The second-order valence-electron chi connectivity index (χ2n) is 4.92. The maximum absolute atomic E-state index is 11.3. The van der Waals surface area contributed by atoms with E-state index in [4.69, 9.17) is 9.47 Å². The number of thiophene rings is 1. The normalized spacial score (nSPS) is 16.3. The Balaban J connectivity index is 1.74. The van der Waals surface area contributed by atoms with Crippen molar-refractivity contribution in [1.82, 2.24) is 0 Å². The highest BCUT2D eigenvalue weighted by atomic mass is 32.1. The van der Waals surface area contributed by atoms with Gasteiger partial charge in [0.15, 0.2) is 4.88 Å². The van der Waals surface area contributed by atoms with E-state index in [2.05, 4.69) is 0 Å². The number of hydrogen-bond donors (Lipinski definition) is 1. The van der Waals surface area contributed by atoms with Gasteiger partial charge < -0.3 is 14.6 Å². The fourth-order valence-electron chi connectivity index (χ4n) is 2.41. The zero-order valence-electron chi connectivity index (χ0n) is 11.7. The Bertz CT molecular complexity index is 662. The molecule has 1 aromatic heterocycles.